The summed E-state index contributed by atoms with van der Waals surface area (Å²) < 4.78 is 0. The molecule has 2 aliphatic heterocycles. The van der Waals surface area contributed by atoms with Crippen molar-refractivity contribution in [2.45, 2.75) is 32.2 Å². The summed E-state index contributed by atoms with van der Waals surface area (Å²) >= 11 is 0. The second kappa shape index (κ2) is 7.13. The van der Waals surface area contributed by atoms with E-state index in [0.29, 0.717) is 13.0 Å². The van der Waals surface area contributed by atoms with Gasteiger partial charge in [0, 0.05) is 31.7 Å². The molecule has 2 saturated heterocycles. The van der Waals surface area contributed by atoms with Gasteiger partial charge in [-0.2, -0.15) is 0 Å². The van der Waals surface area contributed by atoms with Gasteiger partial charge in [0.1, 0.15) is 0 Å². The van der Waals surface area contributed by atoms with Gasteiger partial charge >= 0.3 is 0 Å². The molecule has 5 heteroatoms. The van der Waals surface area contributed by atoms with Gasteiger partial charge in [-0.25, -0.2) is 0 Å². The molecule has 2 aliphatic rings. The van der Waals surface area contributed by atoms with Crippen LogP contribution in [-0.2, 0) is 16.1 Å². The second-order valence-electron chi connectivity index (χ2n) is 6.64. The highest BCUT2D eigenvalue weighted by Gasteiger charge is 2.24. The molecule has 0 saturated carbocycles. The first-order valence-electron chi connectivity index (χ1n) is 8.49. The molecule has 0 aromatic heterocycles. The number of carbonyl (C=O) groups excluding carboxylic acids is 2. The molecule has 0 aliphatic carbocycles. The minimum absolute atomic E-state index is 0.0945. The van der Waals surface area contributed by atoms with E-state index in [4.69, 9.17) is 0 Å². The monoisotopic (exact) mass is 315 g/mol. The van der Waals surface area contributed by atoms with Gasteiger partial charge in [0.2, 0.25) is 11.8 Å². The summed E-state index contributed by atoms with van der Waals surface area (Å²) in [6, 6.07) is 7.93. The highest BCUT2D eigenvalue weighted by atomic mass is 16.2. The van der Waals surface area contributed by atoms with Gasteiger partial charge in [-0.1, -0.05) is 12.1 Å². The lowest BCUT2D eigenvalue weighted by molar-refractivity contribution is -0.126. The first kappa shape index (κ1) is 16.0. The third-order valence-corrected chi connectivity index (χ3v) is 4.76. The number of likely N-dealkylation sites (tertiary alicyclic amines) is 1. The molecule has 0 spiro atoms. The summed E-state index contributed by atoms with van der Waals surface area (Å²) in [6.45, 7) is 3.24. The van der Waals surface area contributed by atoms with Crippen LogP contribution in [0, 0.1) is 5.92 Å². The van der Waals surface area contributed by atoms with Gasteiger partial charge in [0.05, 0.1) is 5.92 Å². The Bertz CT molecular complexity index is 587. The lowest BCUT2D eigenvalue weighted by Gasteiger charge is -2.28. The van der Waals surface area contributed by atoms with Gasteiger partial charge < -0.3 is 15.1 Å². The fourth-order valence-corrected chi connectivity index (χ4v) is 3.47. The average molecular weight is 315 g/mol. The summed E-state index contributed by atoms with van der Waals surface area (Å²) in [5, 5.41) is 3.05. The Kier molecular flexibility index (Phi) is 4.96. The molecule has 1 atom stereocenters. The lowest BCUT2D eigenvalue weighted by Crippen LogP contribution is -2.41. The van der Waals surface area contributed by atoms with Crippen LogP contribution in [0.5, 0.6) is 0 Å². The molecular formula is C18H25N3O2. The largest absolute Gasteiger partial charge is 0.352 e. The van der Waals surface area contributed by atoms with Crippen molar-refractivity contribution in [1.82, 2.24) is 10.2 Å². The number of amides is 2. The van der Waals surface area contributed by atoms with Crippen molar-refractivity contribution in [3.63, 3.8) is 0 Å². The molecule has 2 amide bonds. The van der Waals surface area contributed by atoms with Crippen LogP contribution in [0.1, 0.15) is 31.2 Å². The Morgan fingerprint density at radius 2 is 2.17 bits per heavy atom. The minimum atomic E-state index is 0.0945. The van der Waals surface area contributed by atoms with E-state index >= 15 is 0 Å². The maximum absolute atomic E-state index is 12.3. The number of hydrogen-bond donors (Lipinski definition) is 1. The van der Waals surface area contributed by atoms with Crippen LogP contribution in [-0.4, -0.2) is 43.4 Å². The van der Waals surface area contributed by atoms with E-state index in [-0.39, 0.29) is 17.7 Å². The van der Waals surface area contributed by atoms with Gasteiger partial charge in [-0.15, -0.1) is 0 Å². The fourth-order valence-electron chi connectivity index (χ4n) is 3.47. The first-order chi connectivity index (χ1) is 11.1. The summed E-state index contributed by atoms with van der Waals surface area (Å²) in [7, 11) is 2.07. The Balaban J connectivity index is 1.58. The van der Waals surface area contributed by atoms with Gasteiger partial charge in [-0.05, 0) is 50.6 Å². The van der Waals surface area contributed by atoms with Crippen LogP contribution >= 0.6 is 0 Å². The third kappa shape index (κ3) is 3.91. The number of piperidine rings is 1. The van der Waals surface area contributed by atoms with Crippen molar-refractivity contribution in [3.05, 3.63) is 29.8 Å². The zero-order valence-electron chi connectivity index (χ0n) is 13.8. The molecule has 3 rings (SSSR count). The molecule has 23 heavy (non-hydrogen) atoms. The number of hydrogen-bond acceptors (Lipinski definition) is 3. The Morgan fingerprint density at radius 1 is 1.30 bits per heavy atom. The predicted octanol–water partition coefficient (Wildman–Crippen LogP) is 1.77. The molecule has 2 fully saturated rings. The number of benzene rings is 1. The van der Waals surface area contributed by atoms with Crippen LogP contribution in [0.3, 0.4) is 0 Å². The molecule has 0 bridgehead atoms. The topological polar surface area (TPSA) is 52.7 Å². The number of nitrogens with one attached hydrogen (secondary N) is 1. The van der Waals surface area contributed by atoms with E-state index in [9.17, 15) is 9.59 Å². The second-order valence-corrected chi connectivity index (χ2v) is 6.64. The van der Waals surface area contributed by atoms with Crippen molar-refractivity contribution in [2.75, 3.05) is 31.6 Å². The van der Waals surface area contributed by atoms with Crippen LogP contribution < -0.4 is 10.2 Å². The van der Waals surface area contributed by atoms with E-state index in [0.717, 1.165) is 50.1 Å². The van der Waals surface area contributed by atoms with E-state index in [2.05, 4.69) is 17.3 Å². The summed E-state index contributed by atoms with van der Waals surface area (Å²) in [6.07, 6.45) is 3.62. The van der Waals surface area contributed by atoms with Gasteiger partial charge in [0.25, 0.3) is 0 Å². The standard InChI is InChI=1S/C18H25N3O2/c1-20-9-3-6-15(13-20)18(23)19-12-14-5-2-7-16(11-14)21-10-4-8-17(21)22/h2,5,7,11,15H,3-4,6,8-10,12-13H2,1H3,(H,19,23)/t15-/m1/s1. The molecule has 1 N–H and O–H groups in total. The number of nitrogens with zero attached hydrogens (tertiary/aromatic N) is 2. The highest BCUT2D eigenvalue weighted by Crippen LogP contribution is 2.22. The van der Waals surface area contributed by atoms with Crippen molar-refractivity contribution in [2.24, 2.45) is 5.92 Å². The molecule has 0 radical (unpaired) electrons. The summed E-state index contributed by atoms with van der Waals surface area (Å²) in [4.78, 5) is 28.2. The highest BCUT2D eigenvalue weighted by molar-refractivity contribution is 5.95. The minimum Gasteiger partial charge on any atom is -0.352 e. The summed E-state index contributed by atoms with van der Waals surface area (Å²) in [5.74, 6) is 0.424. The molecule has 1 aromatic carbocycles. The van der Waals surface area contributed by atoms with Crippen molar-refractivity contribution in [3.8, 4) is 0 Å². The van der Waals surface area contributed by atoms with Crippen molar-refractivity contribution < 1.29 is 9.59 Å². The number of rotatable bonds is 4. The van der Waals surface area contributed by atoms with E-state index in [1.54, 1.807) is 0 Å². The number of anilines is 1. The van der Waals surface area contributed by atoms with Crippen LogP contribution in [0.25, 0.3) is 0 Å². The van der Waals surface area contributed by atoms with Gasteiger partial charge in [-0.3, -0.25) is 9.59 Å². The van der Waals surface area contributed by atoms with E-state index < -0.39 is 0 Å². The van der Waals surface area contributed by atoms with Crippen LogP contribution in [0.4, 0.5) is 5.69 Å². The maximum Gasteiger partial charge on any atom is 0.227 e. The Morgan fingerprint density at radius 3 is 2.91 bits per heavy atom. The lowest BCUT2D eigenvalue weighted by atomic mass is 9.97. The quantitative estimate of drug-likeness (QED) is 0.921. The molecule has 124 valence electrons. The smallest absolute Gasteiger partial charge is 0.227 e. The SMILES string of the molecule is CN1CCC[C@@H](C(=O)NCc2cccc(N3CCCC3=O)c2)C1. The Labute approximate surface area is 137 Å². The zero-order chi connectivity index (χ0) is 16.2. The predicted molar refractivity (Wildman–Crippen MR) is 90.1 cm³/mol. The first-order valence-corrected chi connectivity index (χ1v) is 8.49. The third-order valence-electron chi connectivity index (χ3n) is 4.76. The molecule has 5 nitrogen and oxygen atoms in total. The summed E-state index contributed by atoms with van der Waals surface area (Å²) in [5.41, 5.74) is 1.98. The van der Waals surface area contributed by atoms with E-state index in [1.165, 1.54) is 0 Å². The maximum atomic E-state index is 12.3. The van der Waals surface area contributed by atoms with Crippen molar-refractivity contribution in [1.29, 1.82) is 0 Å². The molecule has 2 heterocycles. The zero-order valence-corrected chi connectivity index (χ0v) is 13.8. The normalized spacial score (nSPS) is 22.4. The van der Waals surface area contributed by atoms with Crippen molar-refractivity contribution >= 4 is 17.5 Å². The molecular weight excluding hydrogens is 290 g/mol. The fraction of sp³-hybridized carbons (Fsp3) is 0.556. The van der Waals surface area contributed by atoms with Gasteiger partial charge in [0.15, 0.2) is 0 Å². The molecule has 0 unspecified atom stereocenters. The Hall–Kier alpha value is -1.88. The van der Waals surface area contributed by atoms with Crippen LogP contribution in [0.15, 0.2) is 24.3 Å². The van der Waals surface area contributed by atoms with Crippen LogP contribution in [0.2, 0.25) is 0 Å². The van der Waals surface area contributed by atoms with E-state index in [1.807, 2.05) is 29.2 Å². The number of carbonyl (C=O) groups is 2. The molecule has 1 aromatic rings. The average Bonchev–Trinajstić information content (AvgIpc) is 2.99.